The molecule has 1 aromatic carbocycles. The zero-order valence-electron chi connectivity index (χ0n) is 9.74. The van der Waals surface area contributed by atoms with E-state index in [0.717, 1.165) is 5.52 Å². The maximum atomic E-state index is 4.39. The first-order valence-electron chi connectivity index (χ1n) is 5.76. The van der Waals surface area contributed by atoms with Crippen LogP contribution < -0.4 is 0 Å². The van der Waals surface area contributed by atoms with Crippen molar-refractivity contribution in [3.63, 3.8) is 0 Å². The Labute approximate surface area is 124 Å². The fourth-order valence-electron chi connectivity index (χ4n) is 2.16. The third-order valence-electron chi connectivity index (χ3n) is 2.98. The Balaban J connectivity index is 2.11. The van der Waals surface area contributed by atoms with Crippen LogP contribution in [0.2, 0.25) is 0 Å². The predicted octanol–water partition coefficient (Wildman–Crippen LogP) is 4.14. The van der Waals surface area contributed by atoms with Crippen LogP contribution in [0, 0.1) is 0 Å². The predicted molar refractivity (Wildman–Crippen MR) is 83.1 cm³/mol. The summed E-state index contributed by atoms with van der Waals surface area (Å²) in [5.41, 5.74) is 3.60. The third-order valence-corrected chi connectivity index (χ3v) is 6.21. The number of rotatable bonds is 2. The second kappa shape index (κ2) is 4.69. The summed E-state index contributed by atoms with van der Waals surface area (Å²) in [5.74, 6) is 0. The quantitative estimate of drug-likeness (QED) is 0.509. The van der Waals surface area contributed by atoms with Crippen molar-refractivity contribution in [1.29, 1.82) is 0 Å². The zero-order valence-corrected chi connectivity index (χ0v) is 13.1. The van der Waals surface area contributed by atoms with Gasteiger partial charge < -0.3 is 0 Å². The van der Waals surface area contributed by atoms with Gasteiger partial charge in [0.25, 0.3) is 0 Å². The van der Waals surface area contributed by atoms with E-state index in [0.29, 0.717) is 0 Å². The summed E-state index contributed by atoms with van der Waals surface area (Å²) in [6, 6.07) is 12.9. The zero-order chi connectivity index (χ0) is 12.7. The monoisotopic (exact) mass is 348 g/mol. The first-order chi connectivity index (χ1) is 9.43. The van der Waals surface area contributed by atoms with Gasteiger partial charge in [0.15, 0.2) is 0 Å². The van der Waals surface area contributed by atoms with E-state index in [1.807, 2.05) is 0 Å². The van der Waals surface area contributed by atoms with Gasteiger partial charge in [0.05, 0.1) is 0 Å². The molecule has 3 aromatic heterocycles. The molecule has 0 radical (unpaired) electrons. The molecule has 2 nitrogen and oxygen atoms in total. The average Bonchev–Trinajstić information content (AvgIpc) is 3.18. The molecule has 0 fully saturated rings. The Morgan fingerprint density at radius 3 is 2.42 bits per heavy atom. The van der Waals surface area contributed by atoms with E-state index in [4.69, 9.17) is 0 Å². The van der Waals surface area contributed by atoms with Crippen LogP contribution in [-0.4, -0.2) is 23.9 Å². The number of fused-ring (bicyclic) bond motifs is 1. The standard InChI is InChI=1S/C14H8N2S2Se/c1-3-10(17-7-1)9-5-6-12-14(15-16-19-12)13(9)11-4-2-8-18-11/h1-8H. The van der Waals surface area contributed by atoms with Crippen LogP contribution in [-0.2, 0) is 0 Å². The molecule has 0 aliphatic carbocycles. The number of aromatic nitrogens is 2. The number of thiophene rings is 2. The summed E-state index contributed by atoms with van der Waals surface area (Å²) in [6.07, 6.45) is 0. The molecule has 0 saturated carbocycles. The van der Waals surface area contributed by atoms with Gasteiger partial charge in [-0.1, -0.05) is 0 Å². The molecule has 0 saturated heterocycles. The molecule has 0 spiro atoms. The summed E-state index contributed by atoms with van der Waals surface area (Å²) < 4.78 is 5.53. The first-order valence-corrected chi connectivity index (χ1v) is 9.14. The van der Waals surface area contributed by atoms with E-state index in [1.165, 1.54) is 25.1 Å². The SMILES string of the molecule is c1csc(-c2ccc3[se]nnc3c2-c2cccs2)c1. The molecule has 92 valence electrons. The molecule has 0 atom stereocenters. The molecular formula is C14H8N2S2Se. The number of nitrogens with zero attached hydrogens (tertiary/aromatic N) is 2. The molecule has 0 aliphatic heterocycles. The summed E-state index contributed by atoms with van der Waals surface area (Å²) >= 11 is 3.68. The maximum absolute atomic E-state index is 4.39. The molecule has 0 unspecified atom stereocenters. The molecular weight excluding hydrogens is 339 g/mol. The second-order valence-electron chi connectivity index (χ2n) is 4.06. The topological polar surface area (TPSA) is 25.8 Å². The summed E-state index contributed by atoms with van der Waals surface area (Å²) in [4.78, 5) is 2.57. The van der Waals surface area contributed by atoms with Gasteiger partial charge in [0, 0.05) is 0 Å². The Kier molecular flexibility index (Phi) is 2.85. The van der Waals surface area contributed by atoms with E-state index >= 15 is 0 Å². The number of hydrogen-bond acceptors (Lipinski definition) is 4. The van der Waals surface area contributed by atoms with Gasteiger partial charge in [-0.05, 0) is 0 Å². The van der Waals surface area contributed by atoms with E-state index in [2.05, 4.69) is 56.4 Å². The van der Waals surface area contributed by atoms with Crippen LogP contribution in [0.4, 0.5) is 0 Å². The Morgan fingerprint density at radius 2 is 1.68 bits per heavy atom. The Morgan fingerprint density at radius 1 is 0.895 bits per heavy atom. The number of benzene rings is 1. The van der Waals surface area contributed by atoms with Gasteiger partial charge >= 0.3 is 124 Å². The minimum absolute atomic E-state index is 0.148. The van der Waals surface area contributed by atoms with Gasteiger partial charge in [-0.2, -0.15) is 0 Å². The fourth-order valence-corrected chi connectivity index (χ4v) is 4.89. The molecule has 19 heavy (non-hydrogen) atoms. The van der Waals surface area contributed by atoms with Crippen LogP contribution in [0.5, 0.6) is 0 Å². The van der Waals surface area contributed by atoms with Crippen molar-refractivity contribution < 1.29 is 0 Å². The van der Waals surface area contributed by atoms with E-state index in [9.17, 15) is 0 Å². The minimum atomic E-state index is 0.148. The van der Waals surface area contributed by atoms with Crippen LogP contribution in [0.1, 0.15) is 0 Å². The van der Waals surface area contributed by atoms with Crippen molar-refractivity contribution in [3.05, 3.63) is 47.2 Å². The van der Waals surface area contributed by atoms with Crippen LogP contribution >= 0.6 is 22.7 Å². The Hall–Kier alpha value is -1.26. The fraction of sp³-hybridized carbons (Fsp3) is 0. The Bertz CT molecular complexity index is 817. The summed E-state index contributed by atoms with van der Waals surface area (Å²) in [5, 5.41) is 8.62. The third kappa shape index (κ3) is 1.90. The molecule has 3 heterocycles. The first kappa shape index (κ1) is 11.6. The van der Waals surface area contributed by atoms with Crippen LogP contribution in [0.25, 0.3) is 30.7 Å². The van der Waals surface area contributed by atoms with Crippen molar-refractivity contribution in [2.24, 2.45) is 0 Å². The van der Waals surface area contributed by atoms with Crippen molar-refractivity contribution in [2.75, 3.05) is 0 Å². The number of hydrogen-bond donors (Lipinski definition) is 0. The van der Waals surface area contributed by atoms with E-state index < -0.39 is 0 Å². The molecule has 4 aromatic rings. The van der Waals surface area contributed by atoms with Gasteiger partial charge in [-0.25, -0.2) is 0 Å². The van der Waals surface area contributed by atoms with Crippen molar-refractivity contribution in [1.82, 2.24) is 9.19 Å². The summed E-state index contributed by atoms with van der Waals surface area (Å²) in [6.45, 7) is 0. The van der Waals surface area contributed by atoms with Crippen LogP contribution in [0.3, 0.4) is 0 Å². The van der Waals surface area contributed by atoms with Crippen molar-refractivity contribution in [3.8, 4) is 20.9 Å². The molecule has 5 heteroatoms. The summed E-state index contributed by atoms with van der Waals surface area (Å²) in [7, 11) is 0. The molecule has 0 amide bonds. The van der Waals surface area contributed by atoms with Gasteiger partial charge in [-0.3, -0.25) is 0 Å². The van der Waals surface area contributed by atoms with Gasteiger partial charge in [0.2, 0.25) is 0 Å². The molecule has 4 rings (SSSR count). The molecule has 0 bridgehead atoms. The van der Waals surface area contributed by atoms with Crippen molar-refractivity contribution >= 4 is 47.2 Å². The molecule has 0 aliphatic rings. The van der Waals surface area contributed by atoms with E-state index in [-0.39, 0.29) is 14.7 Å². The second-order valence-corrected chi connectivity index (χ2v) is 7.61. The normalized spacial score (nSPS) is 11.2. The van der Waals surface area contributed by atoms with Crippen LogP contribution in [0.15, 0.2) is 47.2 Å². The molecule has 0 N–H and O–H groups in total. The average molecular weight is 347 g/mol. The van der Waals surface area contributed by atoms with Gasteiger partial charge in [0.1, 0.15) is 0 Å². The van der Waals surface area contributed by atoms with Crippen molar-refractivity contribution in [2.45, 2.75) is 0 Å². The van der Waals surface area contributed by atoms with Gasteiger partial charge in [-0.15, -0.1) is 0 Å². The van der Waals surface area contributed by atoms with E-state index in [1.54, 1.807) is 22.7 Å².